The van der Waals surface area contributed by atoms with E-state index in [0.717, 1.165) is 34.5 Å². The Morgan fingerprint density at radius 2 is 2.00 bits per heavy atom. The van der Waals surface area contributed by atoms with E-state index in [9.17, 15) is 0 Å². The van der Waals surface area contributed by atoms with Crippen LogP contribution in [0, 0.1) is 0 Å². The standard InChI is InChI=1S/C17H18BrNO2/c1-20-14-5-3-4-11(9-14)15-7-6-12-8-13(18)10-16(21-2)17(12)19-15/h3-5,8-10,15,19H,6-7H2,1-2H3. The quantitative estimate of drug-likeness (QED) is 0.882. The molecule has 2 aromatic carbocycles. The summed E-state index contributed by atoms with van der Waals surface area (Å²) in [5.41, 5.74) is 3.63. The molecule has 0 spiro atoms. The molecule has 1 atom stereocenters. The summed E-state index contributed by atoms with van der Waals surface area (Å²) in [5.74, 6) is 1.77. The summed E-state index contributed by atoms with van der Waals surface area (Å²) < 4.78 is 11.9. The van der Waals surface area contributed by atoms with Crippen LogP contribution < -0.4 is 14.8 Å². The fourth-order valence-corrected chi connectivity index (χ4v) is 3.30. The lowest BCUT2D eigenvalue weighted by Crippen LogP contribution is -2.18. The third kappa shape index (κ3) is 2.86. The number of benzene rings is 2. The normalized spacial score (nSPS) is 16.8. The van der Waals surface area contributed by atoms with E-state index in [2.05, 4.69) is 39.4 Å². The van der Waals surface area contributed by atoms with Crippen molar-refractivity contribution in [1.82, 2.24) is 0 Å². The highest BCUT2D eigenvalue weighted by molar-refractivity contribution is 9.10. The second-order valence-electron chi connectivity index (χ2n) is 5.15. The van der Waals surface area contributed by atoms with Crippen LogP contribution in [0.15, 0.2) is 40.9 Å². The molecule has 1 heterocycles. The van der Waals surface area contributed by atoms with Crippen LogP contribution >= 0.6 is 15.9 Å². The molecule has 0 amide bonds. The van der Waals surface area contributed by atoms with Crippen molar-refractivity contribution < 1.29 is 9.47 Å². The third-order valence-electron chi connectivity index (χ3n) is 3.89. The lowest BCUT2D eigenvalue weighted by atomic mass is 9.93. The number of nitrogens with one attached hydrogen (secondary N) is 1. The number of hydrogen-bond acceptors (Lipinski definition) is 3. The molecule has 3 rings (SSSR count). The molecule has 110 valence electrons. The number of ether oxygens (including phenoxy) is 2. The molecular weight excluding hydrogens is 330 g/mol. The van der Waals surface area contributed by atoms with Crippen molar-refractivity contribution in [3.63, 3.8) is 0 Å². The lowest BCUT2D eigenvalue weighted by Gasteiger charge is -2.29. The Balaban J connectivity index is 1.93. The Bertz CT molecular complexity index is 640. The fraction of sp³-hybridized carbons (Fsp3) is 0.294. The first-order valence-electron chi connectivity index (χ1n) is 6.98. The minimum absolute atomic E-state index is 0.280. The number of halogens is 1. The lowest BCUT2D eigenvalue weighted by molar-refractivity contribution is 0.412. The van der Waals surface area contributed by atoms with Gasteiger partial charge in [0.15, 0.2) is 0 Å². The van der Waals surface area contributed by atoms with E-state index in [1.54, 1.807) is 14.2 Å². The van der Waals surface area contributed by atoms with Crippen molar-refractivity contribution in [3.05, 3.63) is 52.0 Å². The van der Waals surface area contributed by atoms with E-state index in [4.69, 9.17) is 9.47 Å². The van der Waals surface area contributed by atoms with E-state index in [1.807, 2.05) is 18.2 Å². The maximum Gasteiger partial charge on any atom is 0.143 e. The van der Waals surface area contributed by atoms with Gasteiger partial charge in [-0.25, -0.2) is 0 Å². The minimum atomic E-state index is 0.280. The molecule has 0 bridgehead atoms. The zero-order valence-electron chi connectivity index (χ0n) is 12.2. The summed E-state index contributed by atoms with van der Waals surface area (Å²) >= 11 is 3.54. The van der Waals surface area contributed by atoms with Crippen molar-refractivity contribution in [2.75, 3.05) is 19.5 Å². The molecule has 0 aliphatic carbocycles. The van der Waals surface area contributed by atoms with Gasteiger partial charge in [0, 0.05) is 4.47 Å². The Morgan fingerprint density at radius 3 is 2.76 bits per heavy atom. The number of aryl methyl sites for hydroxylation is 1. The van der Waals surface area contributed by atoms with Gasteiger partial charge in [0.1, 0.15) is 11.5 Å². The van der Waals surface area contributed by atoms with E-state index in [0.29, 0.717) is 0 Å². The first-order valence-corrected chi connectivity index (χ1v) is 7.77. The van der Waals surface area contributed by atoms with Crippen molar-refractivity contribution in [2.45, 2.75) is 18.9 Å². The van der Waals surface area contributed by atoms with Crippen LogP contribution in [0.3, 0.4) is 0 Å². The first-order chi connectivity index (χ1) is 10.2. The molecule has 21 heavy (non-hydrogen) atoms. The van der Waals surface area contributed by atoms with Crippen LogP contribution in [-0.4, -0.2) is 14.2 Å². The number of hydrogen-bond donors (Lipinski definition) is 1. The van der Waals surface area contributed by atoms with Crippen molar-refractivity contribution in [3.8, 4) is 11.5 Å². The van der Waals surface area contributed by atoms with Crippen molar-refractivity contribution >= 4 is 21.6 Å². The van der Waals surface area contributed by atoms with Gasteiger partial charge in [0.05, 0.1) is 25.9 Å². The zero-order chi connectivity index (χ0) is 14.8. The average molecular weight is 348 g/mol. The predicted octanol–water partition coefficient (Wildman–Crippen LogP) is 4.57. The van der Waals surface area contributed by atoms with Gasteiger partial charge < -0.3 is 14.8 Å². The van der Waals surface area contributed by atoms with Crippen molar-refractivity contribution in [1.29, 1.82) is 0 Å². The highest BCUT2D eigenvalue weighted by atomic mass is 79.9. The smallest absolute Gasteiger partial charge is 0.143 e. The van der Waals surface area contributed by atoms with E-state index in [-0.39, 0.29) is 6.04 Å². The van der Waals surface area contributed by atoms with Crippen LogP contribution in [0.25, 0.3) is 0 Å². The zero-order valence-corrected chi connectivity index (χ0v) is 13.7. The fourth-order valence-electron chi connectivity index (χ4n) is 2.81. The van der Waals surface area contributed by atoms with Gasteiger partial charge in [-0.2, -0.15) is 0 Å². The molecule has 0 radical (unpaired) electrons. The van der Waals surface area contributed by atoms with Crippen LogP contribution in [0.2, 0.25) is 0 Å². The van der Waals surface area contributed by atoms with E-state index in [1.165, 1.54) is 11.1 Å². The first kappa shape index (κ1) is 14.3. The Hall–Kier alpha value is -1.68. The van der Waals surface area contributed by atoms with Gasteiger partial charge >= 0.3 is 0 Å². The predicted molar refractivity (Wildman–Crippen MR) is 88.4 cm³/mol. The maximum absolute atomic E-state index is 5.51. The van der Waals surface area contributed by atoms with Crippen LogP contribution in [0.4, 0.5) is 5.69 Å². The van der Waals surface area contributed by atoms with Crippen LogP contribution in [0.1, 0.15) is 23.6 Å². The van der Waals surface area contributed by atoms with Gasteiger partial charge in [0.2, 0.25) is 0 Å². The summed E-state index contributed by atoms with van der Waals surface area (Å²) in [6, 6.07) is 12.7. The number of anilines is 1. The SMILES string of the molecule is COc1cccc(C2CCc3cc(Br)cc(OC)c3N2)c1. The molecule has 1 N–H and O–H groups in total. The van der Waals surface area contributed by atoms with E-state index >= 15 is 0 Å². The molecule has 1 aliphatic heterocycles. The number of methoxy groups -OCH3 is 2. The molecule has 0 aromatic heterocycles. The van der Waals surface area contributed by atoms with Gasteiger partial charge in [-0.05, 0) is 48.2 Å². The third-order valence-corrected chi connectivity index (χ3v) is 4.34. The van der Waals surface area contributed by atoms with Gasteiger partial charge in [-0.1, -0.05) is 28.1 Å². The average Bonchev–Trinajstić information content (AvgIpc) is 2.53. The second-order valence-corrected chi connectivity index (χ2v) is 6.07. The van der Waals surface area contributed by atoms with Crippen LogP contribution in [0.5, 0.6) is 11.5 Å². The highest BCUT2D eigenvalue weighted by Gasteiger charge is 2.22. The number of fused-ring (bicyclic) bond motifs is 1. The van der Waals surface area contributed by atoms with Crippen LogP contribution in [-0.2, 0) is 6.42 Å². The van der Waals surface area contributed by atoms with Gasteiger partial charge in [0.25, 0.3) is 0 Å². The Kier molecular flexibility index (Phi) is 4.06. The molecule has 0 saturated carbocycles. The molecular formula is C17H18BrNO2. The monoisotopic (exact) mass is 347 g/mol. The minimum Gasteiger partial charge on any atom is -0.497 e. The second kappa shape index (κ2) is 5.98. The topological polar surface area (TPSA) is 30.5 Å². The van der Waals surface area contributed by atoms with E-state index < -0.39 is 0 Å². The van der Waals surface area contributed by atoms with Gasteiger partial charge in [-0.15, -0.1) is 0 Å². The molecule has 2 aromatic rings. The Labute approximate surface area is 133 Å². The summed E-state index contributed by atoms with van der Waals surface area (Å²) in [6.45, 7) is 0. The van der Waals surface area contributed by atoms with Crippen molar-refractivity contribution in [2.24, 2.45) is 0 Å². The molecule has 1 aliphatic rings. The molecule has 1 unspecified atom stereocenters. The maximum atomic E-state index is 5.51. The summed E-state index contributed by atoms with van der Waals surface area (Å²) in [7, 11) is 3.40. The highest BCUT2D eigenvalue weighted by Crippen LogP contribution is 2.40. The summed E-state index contributed by atoms with van der Waals surface area (Å²) in [6.07, 6.45) is 2.08. The van der Waals surface area contributed by atoms with Gasteiger partial charge in [-0.3, -0.25) is 0 Å². The molecule has 4 heteroatoms. The summed E-state index contributed by atoms with van der Waals surface area (Å²) in [5, 5.41) is 3.61. The molecule has 0 saturated heterocycles. The molecule has 0 fully saturated rings. The number of rotatable bonds is 3. The largest absolute Gasteiger partial charge is 0.497 e. The summed E-state index contributed by atoms with van der Waals surface area (Å²) in [4.78, 5) is 0. The Morgan fingerprint density at radius 1 is 1.14 bits per heavy atom. The molecule has 3 nitrogen and oxygen atoms in total.